The molecule has 1 amide bonds. The van der Waals surface area contributed by atoms with Crippen LogP contribution in [0.25, 0.3) is 11.5 Å². The third-order valence-electron chi connectivity index (χ3n) is 5.65. The van der Waals surface area contributed by atoms with Gasteiger partial charge in [-0.25, -0.2) is 4.98 Å². The van der Waals surface area contributed by atoms with Gasteiger partial charge in [0.05, 0.1) is 18.7 Å². The lowest BCUT2D eigenvalue weighted by Gasteiger charge is -2.40. The number of hydrogen-bond acceptors (Lipinski definition) is 8. The molecule has 0 bridgehead atoms. The van der Waals surface area contributed by atoms with Gasteiger partial charge in [-0.1, -0.05) is 23.4 Å². The molecule has 5 rings (SSSR count). The van der Waals surface area contributed by atoms with Crippen molar-refractivity contribution in [1.82, 2.24) is 29.9 Å². The Bertz CT molecular complexity index is 981. The monoisotopic (exact) mass is 405 g/mol. The number of likely N-dealkylation sites (tertiary alicyclic amines) is 1. The van der Waals surface area contributed by atoms with Gasteiger partial charge in [0, 0.05) is 57.3 Å². The van der Waals surface area contributed by atoms with Crippen LogP contribution in [0, 0.1) is 0 Å². The van der Waals surface area contributed by atoms with Crippen molar-refractivity contribution >= 4 is 11.6 Å². The zero-order chi connectivity index (χ0) is 20.3. The van der Waals surface area contributed by atoms with Gasteiger partial charge in [-0.05, 0) is 12.1 Å². The smallest absolute Gasteiger partial charge is 0.236 e. The molecule has 2 saturated heterocycles. The molecule has 2 aliphatic heterocycles. The predicted molar refractivity (Wildman–Crippen MR) is 110 cm³/mol. The second-order valence-corrected chi connectivity index (χ2v) is 7.64. The zero-order valence-corrected chi connectivity index (χ0v) is 16.6. The van der Waals surface area contributed by atoms with Crippen molar-refractivity contribution in [3.05, 3.63) is 54.8 Å². The Balaban J connectivity index is 1.09. The molecular weight excluding hydrogens is 382 g/mol. The molecule has 3 aromatic rings. The first-order chi connectivity index (χ1) is 14.8. The third kappa shape index (κ3) is 3.88. The summed E-state index contributed by atoms with van der Waals surface area (Å²) in [6, 6.07) is 10.4. The van der Waals surface area contributed by atoms with Gasteiger partial charge in [-0.2, -0.15) is 4.98 Å². The number of piperazine rings is 1. The van der Waals surface area contributed by atoms with Crippen molar-refractivity contribution in [2.45, 2.75) is 5.92 Å². The largest absolute Gasteiger partial charge is 0.368 e. The van der Waals surface area contributed by atoms with Crippen molar-refractivity contribution in [2.24, 2.45) is 0 Å². The predicted octanol–water partition coefficient (Wildman–Crippen LogP) is 1.27. The van der Waals surface area contributed by atoms with Crippen LogP contribution in [0.5, 0.6) is 0 Å². The van der Waals surface area contributed by atoms with Gasteiger partial charge in [0.15, 0.2) is 0 Å². The Morgan fingerprint density at radius 2 is 1.87 bits per heavy atom. The number of carbonyl (C=O) groups is 1. The molecule has 1 aromatic carbocycles. The van der Waals surface area contributed by atoms with Gasteiger partial charge >= 0.3 is 0 Å². The normalized spacial score (nSPS) is 17.7. The number of para-hydroxylation sites is 1. The minimum absolute atomic E-state index is 0.158. The van der Waals surface area contributed by atoms with Gasteiger partial charge in [-0.3, -0.25) is 14.7 Å². The maximum Gasteiger partial charge on any atom is 0.236 e. The Morgan fingerprint density at radius 3 is 2.60 bits per heavy atom. The van der Waals surface area contributed by atoms with E-state index in [1.165, 1.54) is 5.69 Å². The standard InChI is InChI=1S/C21H23N7O2/c29-19(28-10-8-27(9-11-28)17-4-2-1-3-5-17)15-26-13-16(14-26)21-24-20(25-30-21)18-12-22-6-7-23-18/h1-7,12,16H,8-11,13-15H2. The average Bonchev–Trinajstić information content (AvgIpc) is 3.27. The van der Waals surface area contributed by atoms with E-state index in [4.69, 9.17) is 4.52 Å². The molecule has 30 heavy (non-hydrogen) atoms. The number of amides is 1. The minimum atomic E-state index is 0.158. The zero-order valence-electron chi connectivity index (χ0n) is 16.6. The lowest BCUT2D eigenvalue weighted by molar-refractivity contribution is -0.134. The summed E-state index contributed by atoms with van der Waals surface area (Å²) in [7, 11) is 0. The Kier molecular flexibility index (Phi) is 5.10. The highest BCUT2D eigenvalue weighted by molar-refractivity contribution is 5.78. The van der Waals surface area contributed by atoms with Crippen LogP contribution >= 0.6 is 0 Å². The van der Waals surface area contributed by atoms with Gasteiger partial charge < -0.3 is 14.3 Å². The highest BCUT2D eigenvalue weighted by Crippen LogP contribution is 2.27. The Hall–Kier alpha value is -3.33. The fraction of sp³-hybridized carbons (Fsp3) is 0.381. The quantitative estimate of drug-likeness (QED) is 0.627. The van der Waals surface area contributed by atoms with Crippen molar-refractivity contribution in [3.8, 4) is 11.5 Å². The lowest BCUT2D eigenvalue weighted by atomic mass is 10.0. The Labute approximate surface area is 174 Å². The van der Waals surface area contributed by atoms with Crippen LogP contribution in [-0.2, 0) is 4.79 Å². The second-order valence-electron chi connectivity index (χ2n) is 7.64. The van der Waals surface area contributed by atoms with Crippen LogP contribution in [-0.4, -0.2) is 81.6 Å². The highest BCUT2D eigenvalue weighted by Gasteiger charge is 2.35. The molecule has 4 heterocycles. The summed E-state index contributed by atoms with van der Waals surface area (Å²) < 4.78 is 5.39. The number of nitrogens with zero attached hydrogens (tertiary/aromatic N) is 7. The van der Waals surface area contributed by atoms with Crippen LogP contribution in [0.15, 0.2) is 53.4 Å². The third-order valence-corrected chi connectivity index (χ3v) is 5.65. The van der Waals surface area contributed by atoms with E-state index in [0.717, 1.165) is 39.3 Å². The molecule has 154 valence electrons. The number of benzene rings is 1. The molecule has 0 aliphatic carbocycles. The summed E-state index contributed by atoms with van der Waals surface area (Å²) in [6.07, 6.45) is 4.81. The first-order valence-corrected chi connectivity index (χ1v) is 10.2. The van der Waals surface area contributed by atoms with Crippen molar-refractivity contribution in [2.75, 3.05) is 50.7 Å². The fourth-order valence-electron chi connectivity index (χ4n) is 3.92. The second kappa shape index (κ2) is 8.19. The highest BCUT2D eigenvalue weighted by atomic mass is 16.5. The summed E-state index contributed by atoms with van der Waals surface area (Å²) in [5.74, 6) is 1.39. The van der Waals surface area contributed by atoms with E-state index in [2.05, 4.69) is 42.0 Å². The van der Waals surface area contributed by atoms with E-state index < -0.39 is 0 Å². The summed E-state index contributed by atoms with van der Waals surface area (Å²) in [4.78, 5) is 31.7. The van der Waals surface area contributed by atoms with Crippen LogP contribution in [0.4, 0.5) is 5.69 Å². The SMILES string of the molecule is O=C(CN1CC(c2nc(-c3cnccn3)no2)C1)N1CCN(c2ccccc2)CC1. The molecule has 0 saturated carbocycles. The molecule has 2 aliphatic rings. The molecular formula is C21H23N7O2. The number of anilines is 1. The molecule has 0 atom stereocenters. The molecule has 0 radical (unpaired) electrons. The number of carbonyl (C=O) groups excluding carboxylic acids is 1. The fourth-order valence-corrected chi connectivity index (χ4v) is 3.92. The van der Waals surface area contributed by atoms with E-state index in [0.29, 0.717) is 24.0 Å². The maximum atomic E-state index is 12.7. The Morgan fingerprint density at radius 1 is 1.07 bits per heavy atom. The molecule has 0 spiro atoms. The van der Waals surface area contributed by atoms with Crippen molar-refractivity contribution in [3.63, 3.8) is 0 Å². The summed E-state index contributed by atoms with van der Waals surface area (Å²) >= 11 is 0. The number of hydrogen-bond donors (Lipinski definition) is 0. The summed E-state index contributed by atoms with van der Waals surface area (Å²) in [5.41, 5.74) is 1.81. The molecule has 9 heteroatoms. The first kappa shape index (κ1) is 18.7. The van der Waals surface area contributed by atoms with Crippen molar-refractivity contribution in [1.29, 1.82) is 0 Å². The van der Waals surface area contributed by atoms with Crippen LogP contribution in [0.3, 0.4) is 0 Å². The van der Waals surface area contributed by atoms with E-state index in [-0.39, 0.29) is 11.8 Å². The van der Waals surface area contributed by atoms with E-state index >= 15 is 0 Å². The van der Waals surface area contributed by atoms with Gasteiger partial charge in [0.1, 0.15) is 5.69 Å². The van der Waals surface area contributed by atoms with Crippen LogP contribution in [0.1, 0.15) is 11.8 Å². The number of aromatic nitrogens is 4. The molecule has 9 nitrogen and oxygen atoms in total. The van der Waals surface area contributed by atoms with Gasteiger partial charge in [-0.15, -0.1) is 0 Å². The van der Waals surface area contributed by atoms with E-state index in [9.17, 15) is 4.79 Å². The summed E-state index contributed by atoms with van der Waals surface area (Å²) in [5, 5.41) is 3.99. The van der Waals surface area contributed by atoms with Crippen LogP contribution in [0.2, 0.25) is 0 Å². The first-order valence-electron chi connectivity index (χ1n) is 10.2. The van der Waals surface area contributed by atoms with Crippen molar-refractivity contribution < 1.29 is 9.32 Å². The maximum absolute atomic E-state index is 12.7. The topological polar surface area (TPSA) is 91.5 Å². The van der Waals surface area contributed by atoms with Crippen LogP contribution < -0.4 is 4.90 Å². The molecule has 2 fully saturated rings. The minimum Gasteiger partial charge on any atom is -0.368 e. The molecule has 2 aromatic heterocycles. The molecule has 0 N–H and O–H groups in total. The average molecular weight is 405 g/mol. The van der Waals surface area contributed by atoms with Gasteiger partial charge in [0.25, 0.3) is 0 Å². The van der Waals surface area contributed by atoms with E-state index in [1.54, 1.807) is 18.6 Å². The van der Waals surface area contributed by atoms with Gasteiger partial charge in [0.2, 0.25) is 17.6 Å². The van der Waals surface area contributed by atoms with E-state index in [1.807, 2.05) is 23.1 Å². The molecule has 0 unspecified atom stereocenters. The summed E-state index contributed by atoms with van der Waals surface area (Å²) in [6.45, 7) is 5.19. The number of rotatable bonds is 5. The lowest BCUT2D eigenvalue weighted by Crippen LogP contribution is -2.54.